The first kappa shape index (κ1) is 20.2. The molecule has 0 aliphatic carbocycles. The first-order valence-corrected chi connectivity index (χ1v) is 8.93. The number of hydrogen-bond acceptors (Lipinski definition) is 9. The van der Waals surface area contributed by atoms with Crippen molar-refractivity contribution >= 4 is 17.9 Å². The summed E-state index contributed by atoms with van der Waals surface area (Å²) in [6, 6.07) is 6.27. The molecule has 0 aromatic heterocycles. The Bertz CT molecular complexity index is 662. The lowest BCUT2D eigenvalue weighted by atomic mass is 10.1. The van der Waals surface area contributed by atoms with Gasteiger partial charge in [0.1, 0.15) is 38.1 Å². The van der Waals surface area contributed by atoms with E-state index in [9.17, 15) is 14.4 Å². The second kappa shape index (κ2) is 9.63. The minimum atomic E-state index is -0.472. The van der Waals surface area contributed by atoms with Crippen LogP contribution in [0.4, 0.5) is 0 Å². The molecule has 9 heteroatoms. The average Bonchev–Trinajstić information content (AvgIpc) is 3.57. The van der Waals surface area contributed by atoms with Gasteiger partial charge in [0.05, 0.1) is 30.9 Å². The lowest BCUT2D eigenvalue weighted by molar-refractivity contribution is -0.141. The van der Waals surface area contributed by atoms with E-state index >= 15 is 0 Å². The van der Waals surface area contributed by atoms with E-state index in [2.05, 4.69) is 4.74 Å². The maximum Gasteiger partial charge on any atom is 0.338 e. The topological polar surface area (TPSA) is 116 Å². The van der Waals surface area contributed by atoms with Gasteiger partial charge in [0.2, 0.25) is 0 Å². The zero-order valence-electron chi connectivity index (χ0n) is 15.5. The highest BCUT2D eigenvalue weighted by Gasteiger charge is 2.26. The second-order valence-electron chi connectivity index (χ2n) is 6.45. The van der Waals surface area contributed by atoms with Gasteiger partial charge in [-0.2, -0.15) is 0 Å². The van der Waals surface area contributed by atoms with Gasteiger partial charge in [-0.1, -0.05) is 6.07 Å². The van der Waals surface area contributed by atoms with Crippen molar-refractivity contribution < 1.29 is 42.8 Å². The van der Waals surface area contributed by atoms with E-state index in [1.807, 2.05) is 0 Å². The van der Waals surface area contributed by atoms with Gasteiger partial charge in [-0.15, -0.1) is 0 Å². The fourth-order valence-corrected chi connectivity index (χ4v) is 1.98. The number of esters is 3. The molecule has 0 saturated carbocycles. The van der Waals surface area contributed by atoms with Gasteiger partial charge in [0.15, 0.2) is 0 Å². The third-order valence-corrected chi connectivity index (χ3v) is 3.81. The van der Waals surface area contributed by atoms with Crippen LogP contribution < -0.4 is 0 Å². The molecular weight excluding hydrogens is 372 g/mol. The zero-order valence-corrected chi connectivity index (χ0v) is 15.5. The third-order valence-electron chi connectivity index (χ3n) is 3.81. The predicted octanol–water partition coefficient (Wildman–Crippen LogP) is 0.746. The lowest BCUT2D eigenvalue weighted by Gasteiger charge is -2.06. The molecule has 9 nitrogen and oxygen atoms in total. The Labute approximate surface area is 161 Å². The maximum atomic E-state index is 11.8. The molecule has 3 fully saturated rings. The van der Waals surface area contributed by atoms with Gasteiger partial charge >= 0.3 is 17.9 Å². The van der Waals surface area contributed by atoms with E-state index in [1.165, 1.54) is 13.0 Å². The molecule has 28 heavy (non-hydrogen) atoms. The van der Waals surface area contributed by atoms with Crippen LogP contribution in [0.3, 0.4) is 0 Å². The van der Waals surface area contributed by atoms with E-state index < -0.39 is 11.9 Å². The quantitative estimate of drug-likeness (QED) is 0.357. The number of rotatable bonds is 8. The van der Waals surface area contributed by atoms with Gasteiger partial charge in [0, 0.05) is 6.92 Å². The van der Waals surface area contributed by atoms with E-state index in [1.54, 1.807) is 18.2 Å². The van der Waals surface area contributed by atoms with Crippen molar-refractivity contribution in [2.75, 3.05) is 39.6 Å². The number of benzene rings is 1. The van der Waals surface area contributed by atoms with Crippen molar-refractivity contribution in [2.24, 2.45) is 0 Å². The summed E-state index contributed by atoms with van der Waals surface area (Å²) < 4.78 is 29.4. The Balaban J connectivity index is 0.000000236. The monoisotopic (exact) mass is 394 g/mol. The van der Waals surface area contributed by atoms with Crippen molar-refractivity contribution in [3.05, 3.63) is 35.4 Å². The molecule has 3 heterocycles. The second-order valence-corrected chi connectivity index (χ2v) is 6.45. The van der Waals surface area contributed by atoms with Gasteiger partial charge < -0.3 is 28.4 Å². The SMILES string of the molecule is CC(=O)OCC1CO1.O=C(OCC1CO1)c1cccc(C(=O)OCC2CO2)c1. The average molecular weight is 394 g/mol. The fraction of sp³-hybridized carbons (Fsp3) is 0.526. The van der Waals surface area contributed by atoms with E-state index in [0.29, 0.717) is 30.9 Å². The molecule has 3 unspecified atom stereocenters. The first-order chi connectivity index (χ1) is 13.5. The van der Waals surface area contributed by atoms with Crippen LogP contribution in [0.5, 0.6) is 0 Å². The Kier molecular flexibility index (Phi) is 6.96. The van der Waals surface area contributed by atoms with Crippen molar-refractivity contribution in [3.8, 4) is 0 Å². The van der Waals surface area contributed by atoms with Gasteiger partial charge in [-0.05, 0) is 18.2 Å². The highest BCUT2D eigenvalue weighted by Crippen LogP contribution is 2.14. The number of hydrogen-bond donors (Lipinski definition) is 0. The Morgan fingerprint density at radius 3 is 1.57 bits per heavy atom. The Hall–Kier alpha value is -2.49. The summed E-state index contributed by atoms with van der Waals surface area (Å²) in [5, 5.41) is 0. The van der Waals surface area contributed by atoms with Crippen molar-refractivity contribution in [3.63, 3.8) is 0 Å². The number of carbonyl (C=O) groups excluding carboxylic acids is 3. The molecule has 1 aromatic rings. The van der Waals surface area contributed by atoms with Crippen LogP contribution in [-0.4, -0.2) is 75.9 Å². The van der Waals surface area contributed by atoms with Crippen LogP contribution in [0.25, 0.3) is 0 Å². The molecule has 152 valence electrons. The largest absolute Gasteiger partial charge is 0.463 e. The van der Waals surface area contributed by atoms with Gasteiger partial charge in [-0.25, -0.2) is 9.59 Å². The number of epoxide rings is 3. The van der Waals surface area contributed by atoms with E-state index in [0.717, 1.165) is 6.61 Å². The highest BCUT2D eigenvalue weighted by atomic mass is 16.6. The molecule has 0 amide bonds. The Morgan fingerprint density at radius 1 is 0.821 bits per heavy atom. The normalized spacial score (nSPS) is 23.5. The van der Waals surface area contributed by atoms with Gasteiger partial charge in [-0.3, -0.25) is 4.79 Å². The number of ether oxygens (including phenoxy) is 6. The molecule has 1 aromatic carbocycles. The highest BCUT2D eigenvalue weighted by molar-refractivity contribution is 5.95. The molecule has 3 atom stereocenters. The van der Waals surface area contributed by atoms with Crippen LogP contribution in [0.15, 0.2) is 24.3 Å². The smallest absolute Gasteiger partial charge is 0.338 e. The molecule has 0 spiro atoms. The fourth-order valence-electron chi connectivity index (χ4n) is 1.98. The summed E-state index contributed by atoms with van der Waals surface area (Å²) in [6.07, 6.45) is 0.232. The van der Waals surface area contributed by atoms with Crippen molar-refractivity contribution in [2.45, 2.75) is 25.2 Å². The predicted molar refractivity (Wildman–Crippen MR) is 92.9 cm³/mol. The summed E-state index contributed by atoms with van der Waals surface area (Å²) in [4.78, 5) is 33.7. The summed E-state index contributed by atoms with van der Waals surface area (Å²) in [6.45, 7) is 4.30. The molecule has 3 aliphatic heterocycles. The standard InChI is InChI=1S/C14H14O6.C5H8O3/c15-13(19-7-11-5-17-11)9-2-1-3-10(4-9)14(16)20-8-12-6-18-12;1-4(6)7-2-5-3-8-5/h1-4,11-12H,5-8H2;5H,2-3H2,1H3. The zero-order chi connectivity index (χ0) is 19.9. The Morgan fingerprint density at radius 2 is 1.21 bits per heavy atom. The van der Waals surface area contributed by atoms with Crippen molar-refractivity contribution in [1.82, 2.24) is 0 Å². The third kappa shape index (κ3) is 7.63. The lowest BCUT2D eigenvalue weighted by Crippen LogP contribution is -2.13. The molecule has 0 N–H and O–H groups in total. The molecule has 0 bridgehead atoms. The summed E-state index contributed by atoms with van der Waals surface area (Å²) in [5.41, 5.74) is 0.644. The van der Waals surface area contributed by atoms with E-state index in [4.69, 9.17) is 23.7 Å². The first-order valence-electron chi connectivity index (χ1n) is 8.93. The molecule has 0 radical (unpaired) electrons. The van der Waals surface area contributed by atoms with Crippen LogP contribution in [0.2, 0.25) is 0 Å². The summed E-state index contributed by atoms with van der Waals surface area (Å²) in [5.74, 6) is -1.18. The minimum absolute atomic E-state index is 0.0191. The summed E-state index contributed by atoms with van der Waals surface area (Å²) in [7, 11) is 0. The molecule has 3 aliphatic rings. The maximum absolute atomic E-state index is 11.8. The van der Waals surface area contributed by atoms with Crippen molar-refractivity contribution in [1.29, 1.82) is 0 Å². The van der Waals surface area contributed by atoms with Crippen LogP contribution >= 0.6 is 0 Å². The van der Waals surface area contributed by atoms with Gasteiger partial charge in [0.25, 0.3) is 0 Å². The van der Waals surface area contributed by atoms with Crippen LogP contribution in [0, 0.1) is 0 Å². The minimum Gasteiger partial charge on any atom is -0.463 e. The van der Waals surface area contributed by atoms with E-state index in [-0.39, 0.29) is 37.5 Å². The molecule has 3 saturated heterocycles. The van der Waals surface area contributed by atoms with Crippen LogP contribution in [0.1, 0.15) is 27.6 Å². The van der Waals surface area contributed by atoms with Crippen LogP contribution in [-0.2, 0) is 33.2 Å². The molecule has 4 rings (SSSR count). The number of carbonyl (C=O) groups is 3. The molecular formula is C19H22O9. The summed E-state index contributed by atoms with van der Waals surface area (Å²) >= 11 is 0.